The maximum Gasteiger partial charge on any atom is 0.230 e. The van der Waals surface area contributed by atoms with Crippen LogP contribution in [0.4, 0.5) is 0 Å². The summed E-state index contributed by atoms with van der Waals surface area (Å²) < 4.78 is 6.70. The van der Waals surface area contributed by atoms with Gasteiger partial charge in [0.1, 0.15) is 11.4 Å². The molecule has 2 atom stereocenters. The first-order chi connectivity index (χ1) is 28.3. The summed E-state index contributed by atoms with van der Waals surface area (Å²) in [5.41, 5.74) is 23.7. The fraction of sp³-hybridized carbons (Fsp3) is 0.148. The molecule has 0 fully saturated rings. The Labute approximate surface area is 331 Å². The largest absolute Gasteiger partial charge is 0.438 e. The molecule has 3 nitrogen and oxygen atoms in total. The highest BCUT2D eigenvalue weighted by atomic mass is 16.3. The average Bonchev–Trinajstić information content (AvgIpc) is 3.87. The number of furan rings is 1. The number of hydrogen-bond acceptors (Lipinski definition) is 3. The van der Waals surface area contributed by atoms with Gasteiger partial charge >= 0.3 is 0 Å². The monoisotopic (exact) mass is 730 g/mol. The Kier molecular flexibility index (Phi) is 6.63. The average molecular weight is 731 g/mol. The molecule has 0 aliphatic heterocycles. The van der Waals surface area contributed by atoms with E-state index in [0.29, 0.717) is 17.5 Å². The predicted molar refractivity (Wildman–Crippen MR) is 230 cm³/mol. The highest BCUT2D eigenvalue weighted by Gasteiger charge is 2.41. The second-order valence-corrected chi connectivity index (χ2v) is 16.5. The van der Waals surface area contributed by atoms with Crippen LogP contribution in [-0.2, 0) is 19.3 Å². The lowest BCUT2D eigenvalue weighted by Crippen LogP contribution is -2.16. The molecule has 0 saturated carbocycles. The van der Waals surface area contributed by atoms with Gasteiger partial charge in [0, 0.05) is 29.6 Å². The Morgan fingerprint density at radius 1 is 0.526 bits per heavy atom. The van der Waals surface area contributed by atoms with Crippen LogP contribution in [0.2, 0.25) is 0 Å². The molecule has 2 aromatic heterocycles. The summed E-state index contributed by atoms with van der Waals surface area (Å²) in [7, 11) is 0. The Bertz CT molecular complexity index is 3100. The molecule has 0 N–H and O–H groups in total. The number of benzene rings is 7. The second-order valence-electron chi connectivity index (χ2n) is 16.5. The van der Waals surface area contributed by atoms with Crippen molar-refractivity contribution in [3.63, 3.8) is 0 Å². The smallest absolute Gasteiger partial charge is 0.230 e. The van der Waals surface area contributed by atoms with E-state index < -0.39 is 0 Å². The van der Waals surface area contributed by atoms with E-state index in [-0.39, 0.29) is 5.92 Å². The van der Waals surface area contributed by atoms with Crippen molar-refractivity contribution in [2.45, 2.75) is 49.9 Å². The minimum atomic E-state index is 0.0291. The van der Waals surface area contributed by atoms with Crippen LogP contribution in [0.5, 0.6) is 0 Å². The molecule has 2 heterocycles. The molecule has 4 aliphatic rings. The van der Waals surface area contributed by atoms with Gasteiger partial charge < -0.3 is 4.42 Å². The summed E-state index contributed by atoms with van der Waals surface area (Å²) in [4.78, 5) is 11.0. The van der Waals surface area contributed by atoms with E-state index >= 15 is 0 Å². The van der Waals surface area contributed by atoms with Gasteiger partial charge in [-0.25, -0.2) is 4.98 Å². The molecule has 7 aromatic carbocycles. The Morgan fingerprint density at radius 3 is 1.91 bits per heavy atom. The van der Waals surface area contributed by atoms with Crippen LogP contribution >= 0.6 is 0 Å². The summed E-state index contributed by atoms with van der Waals surface area (Å²) in [6.45, 7) is 0. The van der Waals surface area contributed by atoms with Gasteiger partial charge in [-0.1, -0.05) is 140 Å². The van der Waals surface area contributed by atoms with Crippen molar-refractivity contribution in [2.75, 3.05) is 0 Å². The van der Waals surface area contributed by atoms with E-state index in [1.807, 2.05) is 0 Å². The number of nitrogens with zero attached hydrogens (tertiary/aromatic N) is 2. The summed E-state index contributed by atoms with van der Waals surface area (Å²) >= 11 is 0. The standard InChI is InChI=1S/C54H38N2O/c1-3-15-33-31(13-1)25-26-43(49-45(33)30-46-40-22-10-9-21-39(40)44-29-32-14-2-4-16-34(32)51(49)50(44)46)53-52-42-23-11-12-24-47(42)57-54(52)56-48(55-53)28-27-41-37-19-7-5-17-35(37)36-18-6-8-20-38(36)41/h1-24,30,41,43-44H,25-29H2. The van der Waals surface area contributed by atoms with Crippen molar-refractivity contribution < 1.29 is 4.42 Å². The summed E-state index contributed by atoms with van der Waals surface area (Å²) in [5, 5.41) is 2.15. The molecule has 270 valence electrons. The molecule has 4 aliphatic carbocycles. The third-order valence-corrected chi connectivity index (χ3v) is 13.7. The lowest BCUT2D eigenvalue weighted by molar-refractivity contribution is 0.632. The summed E-state index contributed by atoms with van der Waals surface area (Å²) in [6.07, 6.45) is 4.62. The van der Waals surface area contributed by atoms with Gasteiger partial charge in [0.15, 0.2) is 0 Å². The third kappa shape index (κ3) is 4.48. The minimum Gasteiger partial charge on any atom is -0.438 e. The molecule has 0 amide bonds. The zero-order valence-electron chi connectivity index (χ0n) is 31.5. The number of fused-ring (bicyclic) bond motifs is 15. The van der Waals surface area contributed by atoms with Gasteiger partial charge in [-0.15, -0.1) is 0 Å². The maximum atomic E-state index is 6.70. The third-order valence-electron chi connectivity index (χ3n) is 13.7. The lowest BCUT2D eigenvalue weighted by Gasteiger charge is -2.31. The Balaban J connectivity index is 1.06. The van der Waals surface area contributed by atoms with Crippen LogP contribution in [0.3, 0.4) is 0 Å². The molecule has 3 heteroatoms. The number of rotatable bonds is 4. The highest BCUT2D eigenvalue weighted by molar-refractivity contribution is 6.06. The van der Waals surface area contributed by atoms with E-state index in [1.54, 1.807) is 0 Å². The summed E-state index contributed by atoms with van der Waals surface area (Å²) in [5.74, 6) is 1.52. The molecular weight excluding hydrogens is 693 g/mol. The van der Waals surface area contributed by atoms with Gasteiger partial charge in [0.05, 0.1) is 11.1 Å². The zero-order chi connectivity index (χ0) is 37.2. The molecule has 0 bridgehead atoms. The highest BCUT2D eigenvalue weighted by Crippen LogP contribution is 2.59. The molecule has 0 spiro atoms. The van der Waals surface area contributed by atoms with Crippen molar-refractivity contribution in [3.05, 3.63) is 202 Å². The Hall–Kier alpha value is -6.58. The van der Waals surface area contributed by atoms with Gasteiger partial charge in [-0.2, -0.15) is 4.98 Å². The van der Waals surface area contributed by atoms with Crippen LogP contribution < -0.4 is 0 Å². The quantitative estimate of drug-likeness (QED) is 0.181. The van der Waals surface area contributed by atoms with Crippen LogP contribution in [0, 0.1) is 0 Å². The van der Waals surface area contributed by atoms with Gasteiger partial charge in [-0.3, -0.25) is 0 Å². The second kappa shape index (κ2) is 12.0. The van der Waals surface area contributed by atoms with Crippen molar-refractivity contribution in [2.24, 2.45) is 0 Å². The first-order valence-electron chi connectivity index (χ1n) is 20.6. The van der Waals surface area contributed by atoms with Crippen LogP contribution in [0.25, 0.3) is 66.6 Å². The predicted octanol–water partition coefficient (Wildman–Crippen LogP) is 13.2. The van der Waals surface area contributed by atoms with Gasteiger partial charge in [0.2, 0.25) is 5.71 Å². The van der Waals surface area contributed by atoms with E-state index in [2.05, 4.69) is 152 Å². The normalized spacial score (nSPS) is 17.0. The SMILES string of the molecule is c1ccc2c(c1)CCC(c1nc(CCC3c4ccccc4-c4ccccc43)nc3oc4ccccc4c13)c1c-2cc2c3c1-c1ccccc1CC3c1ccccc1-2. The van der Waals surface area contributed by atoms with Crippen molar-refractivity contribution in [1.29, 1.82) is 0 Å². The molecule has 0 saturated heterocycles. The van der Waals surface area contributed by atoms with E-state index in [0.717, 1.165) is 60.0 Å². The first kappa shape index (κ1) is 31.6. The fourth-order valence-electron chi connectivity index (χ4n) is 11.4. The molecule has 0 radical (unpaired) electrons. The first-order valence-corrected chi connectivity index (χ1v) is 20.6. The van der Waals surface area contributed by atoms with Crippen LogP contribution in [-0.4, -0.2) is 9.97 Å². The van der Waals surface area contributed by atoms with Crippen LogP contribution in [0.1, 0.15) is 81.1 Å². The number of aromatic nitrogens is 2. The zero-order valence-corrected chi connectivity index (χ0v) is 31.5. The van der Waals surface area contributed by atoms with Crippen molar-refractivity contribution in [3.8, 4) is 44.5 Å². The minimum absolute atomic E-state index is 0.0291. The molecule has 57 heavy (non-hydrogen) atoms. The fourth-order valence-corrected chi connectivity index (χ4v) is 11.4. The summed E-state index contributed by atoms with van der Waals surface area (Å²) in [6, 6.07) is 56.3. The van der Waals surface area contributed by atoms with Crippen molar-refractivity contribution >= 4 is 22.1 Å². The number of aryl methyl sites for hydroxylation is 2. The molecule has 13 rings (SSSR count). The van der Waals surface area contributed by atoms with Crippen LogP contribution in [0.15, 0.2) is 156 Å². The van der Waals surface area contributed by atoms with Crippen molar-refractivity contribution in [1.82, 2.24) is 9.97 Å². The lowest BCUT2D eigenvalue weighted by atomic mass is 9.72. The van der Waals surface area contributed by atoms with E-state index in [1.165, 1.54) is 83.5 Å². The van der Waals surface area contributed by atoms with E-state index in [4.69, 9.17) is 14.4 Å². The number of hydrogen-bond donors (Lipinski definition) is 0. The number of para-hydroxylation sites is 1. The van der Waals surface area contributed by atoms with E-state index in [9.17, 15) is 0 Å². The molecular formula is C54H38N2O. The Morgan fingerprint density at radius 2 is 1.12 bits per heavy atom. The maximum absolute atomic E-state index is 6.70. The molecule has 9 aromatic rings. The van der Waals surface area contributed by atoms with Gasteiger partial charge in [-0.05, 0) is 121 Å². The topological polar surface area (TPSA) is 38.9 Å². The van der Waals surface area contributed by atoms with Gasteiger partial charge in [0.25, 0.3) is 0 Å². The molecule has 2 unspecified atom stereocenters.